The Morgan fingerprint density at radius 2 is 1.88 bits per heavy atom. The molecule has 2 aromatic rings. The molecule has 0 aliphatic rings. The Bertz CT molecular complexity index is 773. The van der Waals surface area contributed by atoms with Gasteiger partial charge in [-0.15, -0.1) is 0 Å². The van der Waals surface area contributed by atoms with E-state index in [1.165, 1.54) is 18.3 Å². The summed E-state index contributed by atoms with van der Waals surface area (Å²) in [5, 5.41) is 17.6. The molecule has 0 aliphatic heterocycles. The number of amides is 1. The molecule has 0 radical (unpaired) electrons. The maximum atomic E-state index is 12.2. The minimum absolute atomic E-state index is 0.000856. The van der Waals surface area contributed by atoms with Gasteiger partial charge in [-0.25, -0.2) is 5.43 Å². The van der Waals surface area contributed by atoms with Crippen molar-refractivity contribution >= 4 is 23.5 Å². The molecule has 0 aliphatic carbocycles. The van der Waals surface area contributed by atoms with Crippen LogP contribution in [-0.4, -0.2) is 30.2 Å². The fourth-order valence-electron chi connectivity index (χ4n) is 2.17. The van der Waals surface area contributed by atoms with E-state index in [1.54, 1.807) is 31.4 Å². The molecule has 1 amide bonds. The van der Waals surface area contributed by atoms with Crippen LogP contribution < -0.4 is 15.5 Å². The van der Waals surface area contributed by atoms with Gasteiger partial charge < -0.3 is 10.1 Å². The van der Waals surface area contributed by atoms with Crippen LogP contribution in [0.25, 0.3) is 0 Å². The van der Waals surface area contributed by atoms with Crippen LogP contribution in [0.15, 0.2) is 53.6 Å². The van der Waals surface area contributed by atoms with E-state index in [-0.39, 0.29) is 11.6 Å². The lowest BCUT2D eigenvalue weighted by atomic mass is 10.2. The molecule has 0 aromatic heterocycles. The zero-order valence-electron chi connectivity index (χ0n) is 14.5. The van der Waals surface area contributed by atoms with E-state index in [1.807, 2.05) is 19.1 Å². The molecule has 0 heterocycles. The summed E-state index contributed by atoms with van der Waals surface area (Å²) in [7, 11) is 1.59. The van der Waals surface area contributed by atoms with E-state index in [0.29, 0.717) is 12.0 Å². The molecular weight excluding hydrogens is 336 g/mol. The van der Waals surface area contributed by atoms with Gasteiger partial charge in [0.05, 0.1) is 18.2 Å². The molecule has 0 saturated carbocycles. The number of rotatable bonds is 8. The van der Waals surface area contributed by atoms with Crippen LogP contribution in [0.2, 0.25) is 0 Å². The SMILES string of the molecule is CC[C@@H](Nc1ccc(OC)cc1)C(=O)NN=Cc1ccc([N+](=O)[O-])cc1. The molecule has 26 heavy (non-hydrogen) atoms. The second-order valence-corrected chi connectivity index (χ2v) is 5.42. The van der Waals surface area contributed by atoms with E-state index in [0.717, 1.165) is 11.4 Å². The van der Waals surface area contributed by atoms with Crippen molar-refractivity contribution in [3.05, 3.63) is 64.2 Å². The third-order valence-corrected chi connectivity index (χ3v) is 3.65. The molecule has 0 bridgehead atoms. The zero-order valence-corrected chi connectivity index (χ0v) is 14.5. The predicted octanol–water partition coefficient (Wildman–Crippen LogP) is 2.94. The third kappa shape index (κ3) is 5.30. The van der Waals surface area contributed by atoms with Crippen LogP contribution in [0, 0.1) is 10.1 Å². The average molecular weight is 356 g/mol. The van der Waals surface area contributed by atoms with Gasteiger partial charge in [-0.3, -0.25) is 14.9 Å². The molecule has 8 heteroatoms. The van der Waals surface area contributed by atoms with Crippen LogP contribution in [0.3, 0.4) is 0 Å². The minimum atomic E-state index is -0.473. The van der Waals surface area contributed by atoms with Crippen LogP contribution in [0.5, 0.6) is 5.75 Å². The number of ether oxygens (including phenoxy) is 1. The molecule has 0 saturated heterocycles. The second-order valence-electron chi connectivity index (χ2n) is 5.42. The molecule has 2 rings (SSSR count). The number of carbonyl (C=O) groups excluding carboxylic acids is 1. The number of nitrogens with zero attached hydrogens (tertiary/aromatic N) is 2. The Kier molecular flexibility index (Phi) is 6.67. The highest BCUT2D eigenvalue weighted by molar-refractivity contribution is 5.86. The van der Waals surface area contributed by atoms with E-state index in [4.69, 9.17) is 4.74 Å². The number of hydrazone groups is 1. The van der Waals surface area contributed by atoms with Gasteiger partial charge in [0.25, 0.3) is 11.6 Å². The number of non-ortho nitro benzene ring substituents is 1. The van der Waals surface area contributed by atoms with Gasteiger partial charge in [-0.1, -0.05) is 6.92 Å². The normalized spacial score (nSPS) is 11.8. The highest BCUT2D eigenvalue weighted by atomic mass is 16.6. The molecule has 0 unspecified atom stereocenters. The van der Waals surface area contributed by atoms with Crippen molar-refractivity contribution in [3.8, 4) is 5.75 Å². The number of carbonyl (C=O) groups is 1. The van der Waals surface area contributed by atoms with Crippen molar-refractivity contribution in [1.82, 2.24) is 5.43 Å². The summed E-state index contributed by atoms with van der Waals surface area (Å²) in [5.41, 5.74) is 3.92. The Morgan fingerprint density at radius 1 is 1.23 bits per heavy atom. The summed E-state index contributed by atoms with van der Waals surface area (Å²) in [4.78, 5) is 22.4. The standard InChI is InChI=1S/C18H20N4O4/c1-3-17(20-14-6-10-16(26-2)11-7-14)18(23)21-19-12-13-4-8-15(9-5-13)22(24)25/h4-12,17,20H,3H2,1-2H3,(H,21,23)/t17-/m1/s1. The molecule has 0 spiro atoms. The smallest absolute Gasteiger partial charge is 0.269 e. The lowest BCUT2D eigenvalue weighted by Crippen LogP contribution is -2.36. The van der Waals surface area contributed by atoms with Crippen molar-refractivity contribution in [1.29, 1.82) is 0 Å². The van der Waals surface area contributed by atoms with Gasteiger partial charge in [-0.2, -0.15) is 5.10 Å². The first-order valence-corrected chi connectivity index (χ1v) is 8.01. The fourth-order valence-corrected chi connectivity index (χ4v) is 2.17. The first-order valence-electron chi connectivity index (χ1n) is 8.01. The summed E-state index contributed by atoms with van der Waals surface area (Å²) < 4.78 is 5.10. The Balaban J connectivity index is 1.92. The zero-order chi connectivity index (χ0) is 18.9. The number of hydrogen-bond acceptors (Lipinski definition) is 6. The number of benzene rings is 2. The summed E-state index contributed by atoms with van der Waals surface area (Å²) >= 11 is 0. The van der Waals surface area contributed by atoms with Crippen LogP contribution >= 0.6 is 0 Å². The van der Waals surface area contributed by atoms with Gasteiger partial charge >= 0.3 is 0 Å². The molecular formula is C18H20N4O4. The maximum Gasteiger partial charge on any atom is 0.269 e. The lowest BCUT2D eigenvalue weighted by Gasteiger charge is -2.16. The molecule has 8 nitrogen and oxygen atoms in total. The molecule has 0 fully saturated rings. The average Bonchev–Trinajstić information content (AvgIpc) is 2.66. The molecule has 136 valence electrons. The highest BCUT2D eigenvalue weighted by Crippen LogP contribution is 2.16. The summed E-state index contributed by atoms with van der Waals surface area (Å²) in [6.07, 6.45) is 2.01. The molecule has 2 N–H and O–H groups in total. The highest BCUT2D eigenvalue weighted by Gasteiger charge is 2.15. The lowest BCUT2D eigenvalue weighted by molar-refractivity contribution is -0.384. The van der Waals surface area contributed by atoms with Crippen molar-refractivity contribution in [2.45, 2.75) is 19.4 Å². The van der Waals surface area contributed by atoms with Gasteiger partial charge in [-0.05, 0) is 48.4 Å². The first kappa shape index (κ1) is 18.9. The monoisotopic (exact) mass is 356 g/mol. The predicted molar refractivity (Wildman–Crippen MR) is 99.5 cm³/mol. The van der Waals surface area contributed by atoms with Gasteiger partial charge in [0, 0.05) is 17.8 Å². The molecule has 1 atom stereocenters. The van der Waals surface area contributed by atoms with Crippen molar-refractivity contribution in [3.63, 3.8) is 0 Å². The third-order valence-electron chi connectivity index (χ3n) is 3.65. The van der Waals surface area contributed by atoms with Gasteiger partial charge in [0.15, 0.2) is 0 Å². The summed E-state index contributed by atoms with van der Waals surface area (Å²) in [6, 6.07) is 12.7. The van der Waals surface area contributed by atoms with Gasteiger partial charge in [0.1, 0.15) is 11.8 Å². The largest absolute Gasteiger partial charge is 0.497 e. The minimum Gasteiger partial charge on any atom is -0.497 e. The Hall–Kier alpha value is -3.42. The first-order chi connectivity index (χ1) is 12.5. The second kappa shape index (κ2) is 9.16. The van der Waals surface area contributed by atoms with E-state index < -0.39 is 11.0 Å². The Morgan fingerprint density at radius 3 is 2.42 bits per heavy atom. The van der Waals surface area contributed by atoms with E-state index in [9.17, 15) is 14.9 Å². The summed E-state index contributed by atoms with van der Waals surface area (Å²) in [6.45, 7) is 1.89. The van der Waals surface area contributed by atoms with Crippen LogP contribution in [0.4, 0.5) is 11.4 Å². The van der Waals surface area contributed by atoms with Gasteiger partial charge in [0.2, 0.25) is 0 Å². The number of anilines is 1. The fraction of sp³-hybridized carbons (Fsp3) is 0.222. The topological polar surface area (TPSA) is 106 Å². The van der Waals surface area contributed by atoms with Crippen molar-refractivity contribution in [2.75, 3.05) is 12.4 Å². The van der Waals surface area contributed by atoms with Crippen LogP contribution in [-0.2, 0) is 4.79 Å². The quantitative estimate of drug-likeness (QED) is 0.430. The van der Waals surface area contributed by atoms with E-state index >= 15 is 0 Å². The van der Waals surface area contributed by atoms with Crippen molar-refractivity contribution < 1.29 is 14.5 Å². The summed E-state index contributed by atoms with van der Waals surface area (Å²) in [5.74, 6) is 0.460. The number of hydrogen-bond donors (Lipinski definition) is 2. The van der Waals surface area contributed by atoms with Crippen molar-refractivity contribution in [2.24, 2.45) is 5.10 Å². The molecule has 2 aromatic carbocycles. The number of nitrogens with one attached hydrogen (secondary N) is 2. The maximum absolute atomic E-state index is 12.2. The van der Waals surface area contributed by atoms with E-state index in [2.05, 4.69) is 15.8 Å². The number of nitro benzene ring substituents is 1. The van der Waals surface area contributed by atoms with Crippen LogP contribution in [0.1, 0.15) is 18.9 Å². The number of methoxy groups -OCH3 is 1. The number of nitro groups is 1. The Labute approximate surface area is 151 Å².